The number of rotatable bonds is 55. The lowest BCUT2D eigenvalue weighted by Crippen LogP contribution is -2.30. The number of aliphatic hydroxyl groups is 1. The van der Waals surface area contributed by atoms with Gasteiger partial charge in [0.05, 0.1) is 26.4 Å². The second-order valence-electron chi connectivity index (χ2n) is 21.0. The number of phosphoric ester groups is 2. The maximum atomic E-state index is 12.9. The molecular weight excluding hydrogens is 1010 g/mol. The molecule has 0 aromatic carbocycles. The molecule has 0 rings (SSSR count). The molecule has 0 amide bonds. The van der Waals surface area contributed by atoms with Crippen LogP contribution in [0.4, 0.5) is 0 Å². The largest absolute Gasteiger partial charge is 0.472 e. The predicted octanol–water partition coefficient (Wildman–Crippen LogP) is 14.5. The highest BCUT2D eigenvalue weighted by molar-refractivity contribution is 7.47. The molecule has 0 radical (unpaired) electrons. The van der Waals surface area contributed by atoms with Crippen LogP contribution < -0.4 is 0 Å². The van der Waals surface area contributed by atoms with Gasteiger partial charge in [0.15, 0.2) is 12.2 Å². The monoisotopic (exact) mass is 1110 g/mol. The van der Waals surface area contributed by atoms with Gasteiger partial charge >= 0.3 is 39.5 Å². The van der Waals surface area contributed by atoms with Gasteiger partial charge in [-0.3, -0.25) is 37.3 Å². The van der Waals surface area contributed by atoms with E-state index in [-0.39, 0.29) is 25.7 Å². The number of phosphoric acid groups is 2. The Kier molecular flexibility index (Phi) is 47.9. The summed E-state index contributed by atoms with van der Waals surface area (Å²) in [5.41, 5.74) is 0. The van der Waals surface area contributed by atoms with Crippen LogP contribution in [-0.2, 0) is 65.4 Å². The average molecular weight is 1120 g/mol. The Labute approximate surface area is 454 Å². The summed E-state index contributed by atoms with van der Waals surface area (Å²) in [5.74, 6) is -0.756. The fourth-order valence-corrected chi connectivity index (χ4v) is 9.66. The SMILES string of the molecule is CCCCCCCCCCCC(=O)O[C@H](COC(=O)CCCCCCCCC)COP(=O)(O)OC[C@H](O)COP(=O)(O)OC[C@@H](COC(=O)CCCCCCCCC(C)C)OC(=O)CCCCCCCCC(C)CC. The Morgan fingerprint density at radius 2 is 0.680 bits per heavy atom. The molecule has 0 spiro atoms. The van der Waals surface area contributed by atoms with E-state index >= 15 is 0 Å². The number of carbonyl (C=O) groups excluding carboxylic acids is 4. The van der Waals surface area contributed by atoms with Gasteiger partial charge in [-0.15, -0.1) is 0 Å². The molecule has 19 heteroatoms. The first-order valence-electron chi connectivity index (χ1n) is 29.5. The van der Waals surface area contributed by atoms with Gasteiger partial charge in [-0.05, 0) is 37.5 Å². The normalized spacial score (nSPS) is 14.9. The van der Waals surface area contributed by atoms with Crippen molar-refractivity contribution in [2.24, 2.45) is 11.8 Å². The standard InChI is InChI=1S/C56H108O17P2/c1-7-10-12-14-16-17-19-28-34-40-55(60)72-51(44-66-53(58)38-32-26-18-15-13-11-8-2)46-70-74(62,63)68-42-50(57)43-69-75(64,65)71-47-52(45-67-54(59)39-33-27-22-20-24-30-36-48(4)5)73-56(61)41-35-29-23-21-25-31-37-49(6)9-3/h48-52,57H,7-47H2,1-6H3,(H,62,63)(H,64,65)/t49?,50-,51+,52+/m0/s1. The number of esters is 4. The summed E-state index contributed by atoms with van der Waals surface area (Å²) < 4.78 is 67.5. The summed E-state index contributed by atoms with van der Waals surface area (Å²) in [6, 6.07) is 0. The highest BCUT2D eigenvalue weighted by Gasteiger charge is 2.30. The predicted molar refractivity (Wildman–Crippen MR) is 294 cm³/mol. The zero-order valence-corrected chi connectivity index (χ0v) is 49.6. The van der Waals surface area contributed by atoms with Crippen molar-refractivity contribution < 1.29 is 80.2 Å². The third kappa shape index (κ3) is 50.1. The molecule has 75 heavy (non-hydrogen) atoms. The van der Waals surface area contributed by atoms with Gasteiger partial charge in [0.25, 0.3) is 0 Å². The number of carbonyl (C=O) groups is 4. The van der Waals surface area contributed by atoms with Crippen LogP contribution in [0, 0.1) is 11.8 Å². The molecule has 0 heterocycles. The molecule has 3 N–H and O–H groups in total. The number of hydrogen-bond acceptors (Lipinski definition) is 15. The molecule has 0 aliphatic rings. The Morgan fingerprint density at radius 1 is 0.387 bits per heavy atom. The van der Waals surface area contributed by atoms with E-state index in [0.29, 0.717) is 31.6 Å². The van der Waals surface area contributed by atoms with Gasteiger partial charge in [-0.2, -0.15) is 0 Å². The highest BCUT2D eigenvalue weighted by atomic mass is 31.2. The Hall–Kier alpha value is -1.94. The molecule has 0 aliphatic carbocycles. The minimum Gasteiger partial charge on any atom is -0.462 e. The second kappa shape index (κ2) is 49.1. The van der Waals surface area contributed by atoms with Crippen LogP contribution in [0.2, 0.25) is 0 Å². The van der Waals surface area contributed by atoms with Crippen LogP contribution in [0.15, 0.2) is 0 Å². The van der Waals surface area contributed by atoms with Gasteiger partial charge in [-0.25, -0.2) is 9.13 Å². The zero-order chi connectivity index (χ0) is 55.8. The van der Waals surface area contributed by atoms with Gasteiger partial charge < -0.3 is 33.8 Å². The van der Waals surface area contributed by atoms with Crippen LogP contribution in [-0.4, -0.2) is 96.7 Å². The molecule has 17 nitrogen and oxygen atoms in total. The Morgan fingerprint density at radius 3 is 1.01 bits per heavy atom. The van der Waals surface area contributed by atoms with Gasteiger partial charge in [-0.1, -0.05) is 215 Å². The first-order chi connectivity index (χ1) is 35.9. The van der Waals surface area contributed by atoms with Crippen molar-refractivity contribution in [2.75, 3.05) is 39.6 Å². The first kappa shape index (κ1) is 73.1. The smallest absolute Gasteiger partial charge is 0.462 e. The van der Waals surface area contributed by atoms with E-state index in [9.17, 15) is 43.2 Å². The van der Waals surface area contributed by atoms with Crippen molar-refractivity contribution in [3.05, 3.63) is 0 Å². The van der Waals surface area contributed by atoms with E-state index in [2.05, 4.69) is 41.5 Å². The van der Waals surface area contributed by atoms with Crippen molar-refractivity contribution in [1.29, 1.82) is 0 Å². The fraction of sp³-hybridized carbons (Fsp3) is 0.929. The maximum absolute atomic E-state index is 12.9. The number of unbranched alkanes of at least 4 members (excludes halogenated alkanes) is 24. The van der Waals surface area contributed by atoms with Crippen LogP contribution in [0.5, 0.6) is 0 Å². The molecule has 0 aromatic rings. The van der Waals surface area contributed by atoms with Gasteiger partial charge in [0, 0.05) is 25.7 Å². The lowest BCUT2D eigenvalue weighted by molar-refractivity contribution is -0.161. The minimum absolute atomic E-state index is 0.102. The van der Waals surface area contributed by atoms with Crippen LogP contribution in [0.3, 0.4) is 0 Å². The highest BCUT2D eigenvalue weighted by Crippen LogP contribution is 2.45. The average Bonchev–Trinajstić information content (AvgIpc) is 3.37. The molecule has 0 aliphatic heterocycles. The minimum atomic E-state index is -4.93. The Bertz CT molecular complexity index is 1500. The Balaban J connectivity index is 5.22. The summed E-state index contributed by atoms with van der Waals surface area (Å²) in [5, 5.41) is 10.5. The van der Waals surface area contributed by atoms with E-state index in [1.165, 1.54) is 64.2 Å². The van der Waals surface area contributed by atoms with E-state index in [1.807, 2.05) is 0 Å². The van der Waals surface area contributed by atoms with E-state index in [1.54, 1.807) is 0 Å². The van der Waals surface area contributed by atoms with Crippen molar-refractivity contribution >= 4 is 39.5 Å². The molecule has 0 saturated carbocycles. The van der Waals surface area contributed by atoms with Gasteiger partial charge in [0.1, 0.15) is 19.3 Å². The molecule has 444 valence electrons. The van der Waals surface area contributed by atoms with Gasteiger partial charge in [0.2, 0.25) is 0 Å². The number of aliphatic hydroxyl groups excluding tert-OH is 1. The summed E-state index contributed by atoms with van der Waals surface area (Å²) in [6.07, 6.45) is 28.3. The number of ether oxygens (including phenoxy) is 4. The number of hydrogen-bond donors (Lipinski definition) is 3. The van der Waals surface area contributed by atoms with Crippen molar-refractivity contribution in [2.45, 2.75) is 285 Å². The van der Waals surface area contributed by atoms with E-state index in [4.69, 9.17) is 37.0 Å². The third-order valence-electron chi connectivity index (χ3n) is 13.1. The first-order valence-corrected chi connectivity index (χ1v) is 32.5. The molecule has 3 unspecified atom stereocenters. The molecule has 0 aromatic heterocycles. The molecule has 6 atom stereocenters. The maximum Gasteiger partial charge on any atom is 0.472 e. The van der Waals surface area contributed by atoms with E-state index < -0.39 is 97.5 Å². The molecular formula is C56H108O17P2. The van der Waals surface area contributed by atoms with Crippen molar-refractivity contribution in [3.63, 3.8) is 0 Å². The summed E-state index contributed by atoms with van der Waals surface area (Å²) in [6.45, 7) is 9.23. The summed E-state index contributed by atoms with van der Waals surface area (Å²) in [7, 11) is -9.86. The lowest BCUT2D eigenvalue weighted by atomic mass is 10.00. The topological polar surface area (TPSA) is 237 Å². The third-order valence-corrected chi connectivity index (χ3v) is 15.0. The summed E-state index contributed by atoms with van der Waals surface area (Å²) in [4.78, 5) is 71.6. The van der Waals surface area contributed by atoms with Crippen LogP contribution >= 0.6 is 15.6 Å². The van der Waals surface area contributed by atoms with Crippen molar-refractivity contribution in [1.82, 2.24) is 0 Å². The summed E-state index contributed by atoms with van der Waals surface area (Å²) >= 11 is 0. The molecule has 0 fully saturated rings. The fourth-order valence-electron chi connectivity index (χ4n) is 8.08. The molecule has 0 bridgehead atoms. The quantitative estimate of drug-likeness (QED) is 0.0222. The van der Waals surface area contributed by atoms with E-state index in [0.717, 1.165) is 115 Å². The zero-order valence-electron chi connectivity index (χ0n) is 47.8. The van der Waals surface area contributed by atoms with Crippen LogP contribution in [0.1, 0.15) is 266 Å². The van der Waals surface area contributed by atoms with Crippen LogP contribution in [0.25, 0.3) is 0 Å². The van der Waals surface area contributed by atoms with Crippen molar-refractivity contribution in [3.8, 4) is 0 Å². The lowest BCUT2D eigenvalue weighted by Gasteiger charge is -2.21. The molecule has 0 saturated heterocycles. The second-order valence-corrected chi connectivity index (χ2v) is 23.9.